The number of hydrogen-bond donors (Lipinski definition) is 1. The van der Waals surface area contributed by atoms with Crippen LogP contribution in [0.1, 0.15) is 45.0 Å². The normalized spacial score (nSPS) is 12.9. The van der Waals surface area contributed by atoms with Gasteiger partial charge in [0.25, 0.3) is 5.91 Å². The van der Waals surface area contributed by atoms with Crippen molar-refractivity contribution in [2.45, 2.75) is 26.8 Å². The molecule has 3 rings (SSSR count). The van der Waals surface area contributed by atoms with Gasteiger partial charge in [0.2, 0.25) is 0 Å². The molecule has 30 heavy (non-hydrogen) atoms. The number of esters is 1. The summed E-state index contributed by atoms with van der Waals surface area (Å²) in [5.41, 5.74) is 0.614. The van der Waals surface area contributed by atoms with Crippen molar-refractivity contribution in [3.05, 3.63) is 50.6 Å². The second-order valence-corrected chi connectivity index (χ2v) is 7.86. The fraction of sp³-hybridized carbons (Fsp3) is 0.350. The van der Waals surface area contributed by atoms with E-state index >= 15 is 0 Å². The third-order valence-corrected chi connectivity index (χ3v) is 5.93. The quantitative estimate of drug-likeness (QED) is 0.673. The van der Waals surface area contributed by atoms with Gasteiger partial charge in [-0.2, -0.15) is 0 Å². The van der Waals surface area contributed by atoms with E-state index in [9.17, 15) is 18.8 Å². The molecule has 7 nitrogen and oxygen atoms in total. The number of halogens is 2. The Hall–Kier alpha value is -2.65. The van der Waals surface area contributed by atoms with E-state index in [1.165, 1.54) is 17.0 Å². The maximum Gasteiger partial charge on any atom is 0.410 e. The molecule has 2 aromatic rings. The van der Waals surface area contributed by atoms with E-state index in [2.05, 4.69) is 5.32 Å². The van der Waals surface area contributed by atoms with Crippen LogP contribution < -0.4 is 5.32 Å². The topological polar surface area (TPSA) is 84.9 Å². The van der Waals surface area contributed by atoms with Crippen LogP contribution in [0.15, 0.2) is 18.2 Å². The highest BCUT2D eigenvalue weighted by Gasteiger charge is 2.32. The second kappa shape index (κ2) is 9.44. The minimum absolute atomic E-state index is 0.0417. The van der Waals surface area contributed by atoms with Gasteiger partial charge in [-0.05, 0) is 38.0 Å². The molecule has 0 radical (unpaired) electrons. The first kappa shape index (κ1) is 22.0. The SMILES string of the molecule is CCOC(=O)c1c(NC(=O)c2c(F)cccc2Cl)sc2c1CCN(C(=O)OCC)C2. The number of anilines is 1. The zero-order valence-corrected chi connectivity index (χ0v) is 18.0. The number of nitrogens with one attached hydrogen (secondary N) is 1. The van der Waals surface area contributed by atoms with Crippen molar-refractivity contribution >= 4 is 45.9 Å². The molecule has 0 fully saturated rings. The molecule has 2 heterocycles. The third-order valence-electron chi connectivity index (χ3n) is 4.48. The van der Waals surface area contributed by atoms with Crippen LogP contribution in [0.2, 0.25) is 5.02 Å². The molecule has 0 saturated heterocycles. The van der Waals surface area contributed by atoms with Gasteiger partial charge < -0.3 is 19.7 Å². The molecule has 0 saturated carbocycles. The number of carbonyl (C=O) groups is 3. The van der Waals surface area contributed by atoms with Gasteiger partial charge in [0.05, 0.1) is 35.9 Å². The van der Waals surface area contributed by atoms with Crippen molar-refractivity contribution in [3.8, 4) is 0 Å². The fourth-order valence-electron chi connectivity index (χ4n) is 3.16. The van der Waals surface area contributed by atoms with Crippen molar-refractivity contribution in [1.82, 2.24) is 4.90 Å². The molecule has 0 bridgehead atoms. The first-order valence-corrected chi connectivity index (χ1v) is 10.6. The Morgan fingerprint density at radius 2 is 1.93 bits per heavy atom. The number of ether oxygens (including phenoxy) is 2. The largest absolute Gasteiger partial charge is 0.462 e. The van der Waals surface area contributed by atoms with E-state index in [-0.39, 0.29) is 40.9 Å². The smallest absolute Gasteiger partial charge is 0.410 e. The van der Waals surface area contributed by atoms with E-state index < -0.39 is 23.8 Å². The number of amides is 2. The van der Waals surface area contributed by atoms with Crippen molar-refractivity contribution in [2.75, 3.05) is 25.1 Å². The molecule has 1 aromatic heterocycles. The molecule has 1 aliphatic heterocycles. The summed E-state index contributed by atoms with van der Waals surface area (Å²) in [6.45, 7) is 4.41. The Morgan fingerprint density at radius 1 is 1.20 bits per heavy atom. The Kier molecular flexibility index (Phi) is 6.94. The number of fused-ring (bicyclic) bond motifs is 1. The Bertz CT molecular complexity index is 974. The molecule has 1 aromatic carbocycles. The zero-order chi connectivity index (χ0) is 21.8. The molecule has 1 aliphatic rings. The summed E-state index contributed by atoms with van der Waals surface area (Å²) in [6.07, 6.45) is -0.0484. The predicted octanol–water partition coefficient (Wildman–Crippen LogP) is 4.48. The predicted molar refractivity (Wildman–Crippen MR) is 111 cm³/mol. The Morgan fingerprint density at radius 3 is 2.60 bits per heavy atom. The van der Waals surface area contributed by atoms with E-state index in [0.29, 0.717) is 18.5 Å². The zero-order valence-electron chi connectivity index (χ0n) is 16.4. The first-order valence-electron chi connectivity index (χ1n) is 9.36. The highest BCUT2D eigenvalue weighted by atomic mass is 35.5. The third kappa shape index (κ3) is 4.41. The number of hydrogen-bond acceptors (Lipinski definition) is 6. The van der Waals surface area contributed by atoms with Gasteiger partial charge in [-0.3, -0.25) is 4.79 Å². The van der Waals surface area contributed by atoms with Gasteiger partial charge in [0.15, 0.2) is 0 Å². The maximum absolute atomic E-state index is 14.1. The lowest BCUT2D eigenvalue weighted by molar-refractivity contribution is 0.0526. The monoisotopic (exact) mass is 454 g/mol. The second-order valence-electron chi connectivity index (χ2n) is 6.35. The summed E-state index contributed by atoms with van der Waals surface area (Å²) in [7, 11) is 0. The fourth-order valence-corrected chi connectivity index (χ4v) is 4.66. The van der Waals surface area contributed by atoms with Crippen LogP contribution in [0.5, 0.6) is 0 Å². The van der Waals surface area contributed by atoms with Crippen molar-refractivity contribution in [3.63, 3.8) is 0 Å². The molecule has 160 valence electrons. The minimum atomic E-state index is -0.774. The summed E-state index contributed by atoms with van der Waals surface area (Å²) < 4.78 is 24.3. The molecule has 0 aliphatic carbocycles. The van der Waals surface area contributed by atoms with Crippen LogP contribution >= 0.6 is 22.9 Å². The standard InChI is InChI=1S/C20H20ClFN2O5S/c1-3-28-19(26)15-11-8-9-24(20(27)29-4-2)10-14(11)30-18(15)23-17(25)16-12(21)6-5-7-13(16)22/h5-7H,3-4,8-10H2,1-2H3,(H,23,25). The molecular weight excluding hydrogens is 435 g/mol. The lowest BCUT2D eigenvalue weighted by Gasteiger charge is -2.26. The molecule has 2 amide bonds. The van der Waals surface area contributed by atoms with Crippen molar-refractivity contribution < 1.29 is 28.2 Å². The highest BCUT2D eigenvalue weighted by molar-refractivity contribution is 7.17. The van der Waals surface area contributed by atoms with E-state index in [0.717, 1.165) is 22.3 Å². The summed E-state index contributed by atoms with van der Waals surface area (Å²) in [5.74, 6) is -2.13. The Labute approximate surface area is 181 Å². The van der Waals surface area contributed by atoms with Gasteiger partial charge in [-0.1, -0.05) is 17.7 Å². The van der Waals surface area contributed by atoms with Crippen LogP contribution in [0.25, 0.3) is 0 Å². The van der Waals surface area contributed by atoms with Gasteiger partial charge in [-0.25, -0.2) is 14.0 Å². The molecule has 10 heteroatoms. The number of rotatable bonds is 5. The molecule has 0 spiro atoms. The van der Waals surface area contributed by atoms with Gasteiger partial charge >= 0.3 is 12.1 Å². The number of carbonyl (C=O) groups excluding carboxylic acids is 3. The van der Waals surface area contributed by atoms with E-state index in [1.807, 2.05) is 0 Å². The molecular formula is C20H20ClFN2O5S. The average Bonchev–Trinajstić information content (AvgIpc) is 3.05. The van der Waals surface area contributed by atoms with Gasteiger partial charge in [0, 0.05) is 11.4 Å². The highest BCUT2D eigenvalue weighted by Crippen LogP contribution is 2.38. The summed E-state index contributed by atoms with van der Waals surface area (Å²) in [5, 5.41) is 2.78. The number of nitrogens with zero attached hydrogens (tertiary/aromatic N) is 1. The van der Waals surface area contributed by atoms with Crippen LogP contribution in [0.4, 0.5) is 14.2 Å². The Balaban J connectivity index is 1.95. The van der Waals surface area contributed by atoms with Crippen LogP contribution in [0.3, 0.4) is 0 Å². The molecule has 0 atom stereocenters. The van der Waals surface area contributed by atoms with E-state index in [1.54, 1.807) is 13.8 Å². The first-order chi connectivity index (χ1) is 14.4. The average molecular weight is 455 g/mol. The summed E-state index contributed by atoms with van der Waals surface area (Å²) in [6, 6.07) is 3.93. The number of thiophene rings is 1. The summed E-state index contributed by atoms with van der Waals surface area (Å²) >= 11 is 7.12. The molecule has 1 N–H and O–H groups in total. The number of benzene rings is 1. The maximum atomic E-state index is 14.1. The van der Waals surface area contributed by atoms with Gasteiger partial charge in [-0.15, -0.1) is 11.3 Å². The lowest BCUT2D eigenvalue weighted by Crippen LogP contribution is -2.36. The summed E-state index contributed by atoms with van der Waals surface area (Å²) in [4.78, 5) is 39.6. The van der Waals surface area contributed by atoms with Crippen LogP contribution in [0, 0.1) is 5.82 Å². The van der Waals surface area contributed by atoms with Crippen LogP contribution in [-0.4, -0.2) is 42.6 Å². The van der Waals surface area contributed by atoms with Crippen LogP contribution in [-0.2, 0) is 22.4 Å². The van der Waals surface area contributed by atoms with Crippen molar-refractivity contribution in [2.24, 2.45) is 0 Å². The van der Waals surface area contributed by atoms with E-state index in [4.69, 9.17) is 21.1 Å². The lowest BCUT2D eigenvalue weighted by atomic mass is 10.0. The van der Waals surface area contributed by atoms with Gasteiger partial charge in [0.1, 0.15) is 10.8 Å². The molecule has 0 unspecified atom stereocenters. The van der Waals surface area contributed by atoms with Crippen molar-refractivity contribution in [1.29, 1.82) is 0 Å². The minimum Gasteiger partial charge on any atom is -0.462 e.